The van der Waals surface area contributed by atoms with E-state index >= 15 is 0 Å². The minimum absolute atomic E-state index is 0.0901. The summed E-state index contributed by atoms with van der Waals surface area (Å²) in [5.41, 5.74) is -0.461. The Morgan fingerprint density at radius 1 is 1.29 bits per heavy atom. The first kappa shape index (κ1) is 11.5. The second-order valence-electron chi connectivity index (χ2n) is 3.43. The van der Waals surface area contributed by atoms with Crippen molar-refractivity contribution in [3.8, 4) is 11.8 Å². The highest BCUT2D eigenvalue weighted by molar-refractivity contribution is 5.66. The van der Waals surface area contributed by atoms with Crippen molar-refractivity contribution in [3.05, 3.63) is 35.2 Å². The summed E-state index contributed by atoms with van der Waals surface area (Å²) in [6, 6.07) is 4.53. The van der Waals surface area contributed by atoms with Crippen molar-refractivity contribution < 1.29 is 22.3 Å². The quantitative estimate of drug-likeness (QED) is 0.656. The smallest absolute Gasteiger partial charge is 0.430 e. The number of hydrogen-bond donors (Lipinski definition) is 0. The minimum atomic E-state index is -4.67. The lowest BCUT2D eigenvalue weighted by Gasteiger charge is -2.25. The molecule has 0 N–H and O–H groups in total. The van der Waals surface area contributed by atoms with Crippen LogP contribution >= 0.6 is 0 Å². The molecule has 1 aliphatic heterocycles. The van der Waals surface area contributed by atoms with E-state index < -0.39 is 23.7 Å². The largest absolute Gasteiger partial charge is 0.475 e. The third-order valence-corrected chi connectivity index (χ3v) is 2.24. The number of halogens is 4. The van der Waals surface area contributed by atoms with Crippen molar-refractivity contribution in [2.24, 2.45) is 0 Å². The number of nitriles is 1. The Labute approximate surface area is 93.7 Å². The van der Waals surface area contributed by atoms with E-state index in [-0.39, 0.29) is 11.3 Å². The molecule has 0 aromatic heterocycles. The SMILES string of the molecule is N#CC1=Cc2cc(F)ccc2O[C@H]1C(F)(F)F. The average Bonchev–Trinajstić information content (AvgIpc) is 2.25. The monoisotopic (exact) mass is 243 g/mol. The zero-order chi connectivity index (χ0) is 12.6. The van der Waals surface area contributed by atoms with Crippen molar-refractivity contribution in [1.82, 2.24) is 0 Å². The van der Waals surface area contributed by atoms with Gasteiger partial charge in [-0.05, 0) is 24.3 Å². The van der Waals surface area contributed by atoms with Crippen molar-refractivity contribution in [2.75, 3.05) is 0 Å². The van der Waals surface area contributed by atoms with Gasteiger partial charge < -0.3 is 4.74 Å². The van der Waals surface area contributed by atoms with Gasteiger partial charge in [0, 0.05) is 5.56 Å². The molecule has 0 saturated heterocycles. The highest BCUT2D eigenvalue weighted by Gasteiger charge is 2.46. The van der Waals surface area contributed by atoms with Gasteiger partial charge in [-0.15, -0.1) is 0 Å². The number of ether oxygens (including phenoxy) is 1. The maximum atomic E-state index is 12.9. The molecule has 0 saturated carbocycles. The molecule has 0 amide bonds. The first-order valence-electron chi connectivity index (χ1n) is 4.56. The van der Waals surface area contributed by atoms with E-state index in [9.17, 15) is 17.6 Å². The molecule has 17 heavy (non-hydrogen) atoms. The topological polar surface area (TPSA) is 33.0 Å². The Balaban J connectivity index is 2.50. The number of rotatable bonds is 0. The Hall–Kier alpha value is -2.03. The molecule has 2 nitrogen and oxygen atoms in total. The molecule has 0 aliphatic carbocycles. The first-order chi connectivity index (χ1) is 7.91. The van der Waals surface area contributed by atoms with Crippen molar-refractivity contribution in [1.29, 1.82) is 5.26 Å². The molecule has 1 aliphatic rings. The van der Waals surface area contributed by atoms with E-state index in [4.69, 9.17) is 5.26 Å². The summed E-state index contributed by atoms with van der Waals surface area (Å²) in [4.78, 5) is 0. The molecule has 1 aromatic carbocycles. The maximum Gasteiger partial charge on any atom is 0.430 e. The second kappa shape index (κ2) is 3.77. The van der Waals surface area contributed by atoms with Crippen LogP contribution in [-0.2, 0) is 0 Å². The Morgan fingerprint density at radius 2 is 2.00 bits per heavy atom. The van der Waals surface area contributed by atoms with E-state index in [1.807, 2.05) is 0 Å². The standard InChI is InChI=1S/C11H5F4NO/c12-8-1-2-9-6(4-8)3-7(5-16)10(17-9)11(13,14)15/h1-4,10H/t10-/m1/s1. The summed E-state index contributed by atoms with van der Waals surface area (Å²) in [7, 11) is 0. The fraction of sp³-hybridized carbons (Fsp3) is 0.182. The number of benzene rings is 1. The molecule has 1 atom stereocenters. The lowest BCUT2D eigenvalue weighted by Crippen LogP contribution is -2.37. The van der Waals surface area contributed by atoms with E-state index in [1.165, 1.54) is 6.07 Å². The Kier molecular flexibility index (Phi) is 2.54. The average molecular weight is 243 g/mol. The molecule has 0 spiro atoms. The first-order valence-corrected chi connectivity index (χ1v) is 4.56. The summed E-state index contributed by atoms with van der Waals surface area (Å²) < 4.78 is 55.2. The molecule has 1 heterocycles. The van der Waals surface area contributed by atoms with Crippen LogP contribution < -0.4 is 4.74 Å². The predicted molar refractivity (Wildman–Crippen MR) is 50.5 cm³/mol. The second-order valence-corrected chi connectivity index (χ2v) is 3.43. The van der Waals surface area contributed by atoms with Crippen molar-refractivity contribution >= 4 is 6.08 Å². The van der Waals surface area contributed by atoms with Gasteiger partial charge in [-0.2, -0.15) is 18.4 Å². The summed E-state index contributed by atoms with van der Waals surface area (Å²) in [5, 5.41) is 8.63. The lowest BCUT2D eigenvalue weighted by atomic mass is 10.0. The van der Waals surface area contributed by atoms with Crippen molar-refractivity contribution in [3.63, 3.8) is 0 Å². The van der Waals surface area contributed by atoms with Crippen LogP contribution in [0, 0.1) is 17.1 Å². The van der Waals surface area contributed by atoms with Gasteiger partial charge in [-0.3, -0.25) is 0 Å². The molecule has 0 bridgehead atoms. The zero-order valence-electron chi connectivity index (χ0n) is 8.25. The summed E-state index contributed by atoms with van der Waals surface area (Å²) >= 11 is 0. The summed E-state index contributed by atoms with van der Waals surface area (Å²) in [6.45, 7) is 0. The highest BCUT2D eigenvalue weighted by Crippen LogP contribution is 2.36. The van der Waals surface area contributed by atoms with Crippen LogP contribution in [0.3, 0.4) is 0 Å². The lowest BCUT2D eigenvalue weighted by molar-refractivity contribution is -0.182. The number of alkyl halides is 3. The van der Waals surface area contributed by atoms with Gasteiger partial charge in [-0.25, -0.2) is 4.39 Å². The molecule has 1 aromatic rings. The zero-order valence-corrected chi connectivity index (χ0v) is 8.25. The van der Waals surface area contributed by atoms with Crippen LogP contribution in [0.2, 0.25) is 0 Å². The normalized spacial score (nSPS) is 18.8. The van der Waals surface area contributed by atoms with Gasteiger partial charge in [0.25, 0.3) is 0 Å². The third kappa shape index (κ3) is 2.09. The van der Waals surface area contributed by atoms with Crippen LogP contribution in [-0.4, -0.2) is 12.3 Å². The molecular formula is C11H5F4NO. The summed E-state index contributed by atoms with van der Waals surface area (Å²) in [5.74, 6) is -0.695. The number of fused-ring (bicyclic) bond motifs is 1. The molecule has 0 unspecified atom stereocenters. The van der Waals surface area contributed by atoms with Gasteiger partial charge in [-0.1, -0.05) is 0 Å². The van der Waals surface area contributed by atoms with Crippen LogP contribution in [0.5, 0.6) is 5.75 Å². The van der Waals surface area contributed by atoms with Crippen LogP contribution in [0.25, 0.3) is 6.08 Å². The van der Waals surface area contributed by atoms with Gasteiger partial charge >= 0.3 is 6.18 Å². The fourth-order valence-corrected chi connectivity index (χ4v) is 1.51. The third-order valence-electron chi connectivity index (χ3n) is 2.24. The molecule has 88 valence electrons. The van der Waals surface area contributed by atoms with Gasteiger partial charge in [0.1, 0.15) is 11.6 Å². The number of nitrogens with zero attached hydrogens (tertiary/aromatic N) is 1. The highest BCUT2D eigenvalue weighted by atomic mass is 19.4. The molecule has 0 radical (unpaired) electrons. The van der Waals surface area contributed by atoms with Gasteiger partial charge in [0.05, 0.1) is 11.6 Å². The van der Waals surface area contributed by atoms with E-state index in [0.29, 0.717) is 0 Å². The van der Waals surface area contributed by atoms with E-state index in [1.54, 1.807) is 0 Å². The predicted octanol–water partition coefficient (Wildman–Crippen LogP) is 3.06. The van der Waals surface area contributed by atoms with Gasteiger partial charge in [0.2, 0.25) is 6.10 Å². The Bertz CT molecular complexity index is 527. The Morgan fingerprint density at radius 3 is 2.59 bits per heavy atom. The number of hydrogen-bond acceptors (Lipinski definition) is 2. The van der Waals surface area contributed by atoms with E-state index in [0.717, 1.165) is 24.3 Å². The van der Waals surface area contributed by atoms with Gasteiger partial charge in [0.15, 0.2) is 0 Å². The summed E-state index contributed by atoms with van der Waals surface area (Å²) in [6.07, 6.45) is -5.97. The van der Waals surface area contributed by atoms with Crippen LogP contribution in [0.1, 0.15) is 5.56 Å². The fourth-order valence-electron chi connectivity index (χ4n) is 1.51. The van der Waals surface area contributed by atoms with Crippen molar-refractivity contribution in [2.45, 2.75) is 12.3 Å². The molecule has 6 heteroatoms. The van der Waals surface area contributed by atoms with Crippen LogP contribution in [0.4, 0.5) is 17.6 Å². The van der Waals surface area contributed by atoms with E-state index in [2.05, 4.69) is 4.74 Å². The van der Waals surface area contributed by atoms with Crippen LogP contribution in [0.15, 0.2) is 23.8 Å². The minimum Gasteiger partial charge on any atom is -0.475 e. The molecular weight excluding hydrogens is 238 g/mol. The maximum absolute atomic E-state index is 12.9. The molecule has 2 rings (SSSR count). The molecule has 0 fully saturated rings.